The highest BCUT2D eigenvalue weighted by Gasteiger charge is 2.71. The third kappa shape index (κ3) is 2.50. The van der Waals surface area contributed by atoms with Crippen LogP contribution in [0.5, 0.6) is 0 Å². The SMILES string of the molecule is CC(=O)[C@@H]1[C@H](c2ccc(Cl)cc2)C2(C(=O)c3ccccc3C2=O)[C@@H]2C=Cc3ccccc3N12. The van der Waals surface area contributed by atoms with E-state index >= 15 is 0 Å². The van der Waals surface area contributed by atoms with Crippen molar-refractivity contribution in [3.8, 4) is 0 Å². The van der Waals surface area contributed by atoms with Crippen LogP contribution >= 0.6 is 11.6 Å². The van der Waals surface area contributed by atoms with Crippen LogP contribution < -0.4 is 4.90 Å². The summed E-state index contributed by atoms with van der Waals surface area (Å²) in [5, 5.41) is 0.556. The lowest BCUT2D eigenvalue weighted by Gasteiger charge is -2.37. The number of hydrogen-bond donors (Lipinski definition) is 0. The molecule has 2 aliphatic heterocycles. The smallest absolute Gasteiger partial charge is 0.180 e. The Balaban J connectivity index is 1.68. The number of nitrogens with zero attached hydrogens (tertiary/aromatic N) is 1. The van der Waals surface area contributed by atoms with E-state index in [1.165, 1.54) is 0 Å². The van der Waals surface area contributed by atoms with Crippen molar-refractivity contribution in [3.63, 3.8) is 0 Å². The normalized spacial score (nSPS) is 24.1. The highest BCUT2D eigenvalue weighted by molar-refractivity contribution is 6.32. The standard InChI is InChI=1S/C28H20ClNO3/c1-16(31)25-24(18-10-13-19(29)14-11-18)28(26(32)20-7-3-4-8-21(20)27(28)33)23-15-12-17-6-2-5-9-22(17)30(23)25/h2-15,23-25H,1H3/t23-,24-,25+/m0/s1. The molecule has 5 heteroatoms. The van der Waals surface area contributed by atoms with Gasteiger partial charge in [0.15, 0.2) is 17.3 Å². The molecule has 0 N–H and O–H groups in total. The van der Waals surface area contributed by atoms with Crippen molar-refractivity contribution >= 4 is 40.7 Å². The second-order valence-corrected chi connectivity index (χ2v) is 9.36. The fourth-order valence-electron chi connectivity index (χ4n) is 6.11. The molecule has 0 bridgehead atoms. The van der Waals surface area contributed by atoms with E-state index in [2.05, 4.69) is 0 Å². The molecular weight excluding hydrogens is 434 g/mol. The Kier molecular flexibility index (Phi) is 4.27. The van der Waals surface area contributed by atoms with Crippen molar-refractivity contribution < 1.29 is 14.4 Å². The van der Waals surface area contributed by atoms with E-state index in [1.807, 2.05) is 53.5 Å². The lowest BCUT2D eigenvalue weighted by molar-refractivity contribution is -0.118. The van der Waals surface area contributed by atoms with Gasteiger partial charge in [0.2, 0.25) is 0 Å². The van der Waals surface area contributed by atoms with Crippen molar-refractivity contribution in [2.45, 2.75) is 24.9 Å². The molecule has 0 amide bonds. The molecule has 1 fully saturated rings. The maximum absolute atomic E-state index is 14.2. The van der Waals surface area contributed by atoms with Gasteiger partial charge in [-0.3, -0.25) is 14.4 Å². The largest absolute Gasteiger partial charge is 0.352 e. The first-order valence-electron chi connectivity index (χ1n) is 11.0. The van der Waals surface area contributed by atoms with Crippen molar-refractivity contribution in [2.75, 3.05) is 4.90 Å². The van der Waals surface area contributed by atoms with Crippen LogP contribution in [-0.2, 0) is 4.79 Å². The summed E-state index contributed by atoms with van der Waals surface area (Å²) in [4.78, 5) is 43.7. The molecule has 0 unspecified atom stereocenters. The zero-order valence-corrected chi connectivity index (χ0v) is 18.6. The van der Waals surface area contributed by atoms with Gasteiger partial charge < -0.3 is 4.90 Å². The predicted molar refractivity (Wildman–Crippen MR) is 128 cm³/mol. The molecule has 0 radical (unpaired) electrons. The van der Waals surface area contributed by atoms with E-state index in [0.29, 0.717) is 16.1 Å². The lowest BCUT2D eigenvalue weighted by Crippen LogP contribution is -2.48. The van der Waals surface area contributed by atoms with Gasteiger partial charge in [-0.1, -0.05) is 78.4 Å². The summed E-state index contributed by atoms with van der Waals surface area (Å²) >= 11 is 6.17. The number of hydrogen-bond acceptors (Lipinski definition) is 4. The monoisotopic (exact) mass is 453 g/mol. The Morgan fingerprint density at radius 2 is 1.48 bits per heavy atom. The summed E-state index contributed by atoms with van der Waals surface area (Å²) in [7, 11) is 0. The summed E-state index contributed by atoms with van der Waals surface area (Å²) in [6, 6.07) is 20.7. The number of para-hydroxylation sites is 1. The molecule has 33 heavy (non-hydrogen) atoms. The maximum Gasteiger partial charge on any atom is 0.180 e. The number of carbonyl (C=O) groups is 3. The third-order valence-electron chi connectivity index (χ3n) is 7.36. The van der Waals surface area contributed by atoms with Gasteiger partial charge in [-0.15, -0.1) is 0 Å². The Morgan fingerprint density at radius 1 is 0.879 bits per heavy atom. The van der Waals surface area contributed by atoms with Crippen LogP contribution in [0.15, 0.2) is 78.9 Å². The molecule has 3 aromatic rings. The first-order chi connectivity index (χ1) is 16.0. The number of fused-ring (bicyclic) bond motifs is 5. The van der Waals surface area contributed by atoms with Crippen LogP contribution in [-0.4, -0.2) is 29.4 Å². The number of anilines is 1. The topological polar surface area (TPSA) is 54.5 Å². The van der Waals surface area contributed by atoms with Gasteiger partial charge in [0.05, 0.1) is 12.1 Å². The van der Waals surface area contributed by atoms with E-state index in [1.54, 1.807) is 43.3 Å². The zero-order valence-electron chi connectivity index (χ0n) is 17.9. The van der Waals surface area contributed by atoms with E-state index in [0.717, 1.165) is 16.8 Å². The van der Waals surface area contributed by atoms with Gasteiger partial charge >= 0.3 is 0 Å². The first kappa shape index (κ1) is 20.1. The average Bonchev–Trinajstić information content (AvgIpc) is 3.27. The molecule has 3 aromatic carbocycles. The number of ketones is 3. The fraction of sp³-hybridized carbons (Fsp3) is 0.179. The van der Waals surface area contributed by atoms with Gasteiger partial charge in [-0.2, -0.15) is 0 Å². The lowest BCUT2D eigenvalue weighted by atomic mass is 9.64. The third-order valence-corrected chi connectivity index (χ3v) is 7.61. The van der Waals surface area contributed by atoms with E-state index in [-0.39, 0.29) is 17.3 Å². The highest BCUT2D eigenvalue weighted by Crippen LogP contribution is 2.60. The molecule has 162 valence electrons. The molecule has 1 spiro atoms. The quantitative estimate of drug-likeness (QED) is 0.490. The van der Waals surface area contributed by atoms with Gasteiger partial charge in [0.1, 0.15) is 5.41 Å². The molecule has 2 heterocycles. The molecule has 6 rings (SSSR count). The second-order valence-electron chi connectivity index (χ2n) is 8.93. The number of benzene rings is 3. The summed E-state index contributed by atoms with van der Waals surface area (Å²) in [6.07, 6.45) is 3.89. The van der Waals surface area contributed by atoms with Crippen molar-refractivity contribution in [1.29, 1.82) is 0 Å². The summed E-state index contributed by atoms with van der Waals surface area (Å²) in [5.74, 6) is -1.17. The first-order valence-corrected chi connectivity index (χ1v) is 11.3. The van der Waals surface area contributed by atoms with Crippen LogP contribution in [0, 0.1) is 5.41 Å². The van der Waals surface area contributed by atoms with Crippen LogP contribution in [0.4, 0.5) is 5.69 Å². The summed E-state index contributed by atoms with van der Waals surface area (Å²) in [5.41, 5.74) is 2.00. The fourth-order valence-corrected chi connectivity index (χ4v) is 6.24. The highest BCUT2D eigenvalue weighted by atomic mass is 35.5. The molecule has 0 saturated carbocycles. The van der Waals surface area contributed by atoms with Crippen molar-refractivity contribution in [3.05, 3.63) is 106 Å². The van der Waals surface area contributed by atoms with Gasteiger partial charge in [-0.05, 0) is 36.2 Å². The molecule has 1 saturated heterocycles. The van der Waals surface area contributed by atoms with E-state index in [4.69, 9.17) is 11.6 Å². The van der Waals surface area contributed by atoms with Gasteiger partial charge in [0.25, 0.3) is 0 Å². The van der Waals surface area contributed by atoms with Crippen LogP contribution in [0.2, 0.25) is 5.02 Å². The Morgan fingerprint density at radius 3 is 2.12 bits per heavy atom. The molecular formula is C28H20ClNO3. The summed E-state index contributed by atoms with van der Waals surface area (Å²) < 4.78 is 0. The van der Waals surface area contributed by atoms with Gasteiger partial charge in [0, 0.05) is 27.8 Å². The van der Waals surface area contributed by atoms with Crippen molar-refractivity contribution in [2.24, 2.45) is 5.41 Å². The Labute approximate surface area is 196 Å². The minimum Gasteiger partial charge on any atom is -0.352 e. The van der Waals surface area contributed by atoms with Crippen LogP contribution in [0.3, 0.4) is 0 Å². The Hall–Kier alpha value is -3.50. The predicted octanol–water partition coefficient (Wildman–Crippen LogP) is 5.36. The molecule has 3 aliphatic rings. The zero-order chi connectivity index (χ0) is 22.9. The number of Topliss-reactive ketones (excluding diaryl/α,β-unsaturated/α-hetero) is 3. The average molecular weight is 454 g/mol. The second kappa shape index (κ2) is 7.00. The number of halogens is 1. The molecule has 3 atom stereocenters. The maximum atomic E-state index is 14.2. The minimum absolute atomic E-state index is 0.0847. The van der Waals surface area contributed by atoms with E-state index < -0.39 is 23.4 Å². The van der Waals surface area contributed by atoms with Crippen LogP contribution in [0.25, 0.3) is 6.08 Å². The summed E-state index contributed by atoms with van der Waals surface area (Å²) in [6.45, 7) is 1.54. The number of rotatable bonds is 2. The van der Waals surface area contributed by atoms with E-state index in [9.17, 15) is 14.4 Å². The Bertz CT molecular complexity index is 1340. The van der Waals surface area contributed by atoms with Crippen molar-refractivity contribution in [1.82, 2.24) is 0 Å². The molecule has 4 nitrogen and oxygen atoms in total. The molecule has 0 aromatic heterocycles. The minimum atomic E-state index is -1.43. The number of carbonyl (C=O) groups excluding carboxylic acids is 3. The van der Waals surface area contributed by atoms with Crippen LogP contribution in [0.1, 0.15) is 44.7 Å². The van der Waals surface area contributed by atoms with Gasteiger partial charge in [-0.25, -0.2) is 0 Å². The molecule has 1 aliphatic carbocycles.